The molecule has 1 aromatic carbocycles. The van der Waals surface area contributed by atoms with Gasteiger partial charge in [-0.2, -0.15) is 20.3 Å². The second kappa shape index (κ2) is 9.04. The van der Waals surface area contributed by atoms with Gasteiger partial charge in [-0.1, -0.05) is 6.07 Å². The normalized spacial score (nSPS) is 16.2. The molecule has 2 amide bonds. The minimum Gasteiger partial charge on any atom is -0.269 e. The average molecular weight is 463 g/mol. The standard InChI is InChI=1S/C21H17N7O4S/c1-14-19(21(30)28(26-14)20(29)15-9-12-22-13-10-15)25-24-16-5-7-17(8-6-16)33(31,32)27-18-4-2-3-11-23-18/h2-13,19H,1H3,(H,23,27)/t19-/m1/s1. The summed E-state index contributed by atoms with van der Waals surface area (Å²) in [6.45, 7) is 1.57. The number of hydrogen-bond donors (Lipinski definition) is 1. The molecule has 0 saturated heterocycles. The van der Waals surface area contributed by atoms with Crippen LogP contribution in [0.4, 0.5) is 11.5 Å². The van der Waals surface area contributed by atoms with E-state index in [1.54, 1.807) is 19.1 Å². The van der Waals surface area contributed by atoms with Crippen molar-refractivity contribution >= 4 is 39.1 Å². The molecule has 3 aromatic rings. The number of anilines is 1. The van der Waals surface area contributed by atoms with Gasteiger partial charge in [0.15, 0.2) is 6.04 Å². The molecule has 1 aliphatic rings. The van der Waals surface area contributed by atoms with Crippen molar-refractivity contribution in [3.8, 4) is 0 Å². The van der Waals surface area contributed by atoms with E-state index in [-0.39, 0.29) is 16.3 Å². The molecule has 12 heteroatoms. The molecular weight excluding hydrogens is 446 g/mol. The maximum Gasteiger partial charge on any atom is 0.282 e. The van der Waals surface area contributed by atoms with E-state index in [0.29, 0.717) is 11.4 Å². The zero-order valence-corrected chi connectivity index (χ0v) is 18.0. The SMILES string of the molecule is CC1=NN(C(=O)c2ccncc2)C(=O)[C@@H]1N=Nc1ccc(S(=O)(=O)Nc2ccccn2)cc1. The van der Waals surface area contributed by atoms with Crippen LogP contribution in [0.5, 0.6) is 0 Å². The van der Waals surface area contributed by atoms with Crippen LogP contribution in [0.3, 0.4) is 0 Å². The number of carbonyl (C=O) groups excluding carboxylic acids is 2. The molecule has 0 spiro atoms. The van der Waals surface area contributed by atoms with Crippen molar-refractivity contribution in [2.24, 2.45) is 15.3 Å². The number of nitrogens with zero attached hydrogens (tertiary/aromatic N) is 6. The number of azo groups is 1. The Balaban J connectivity index is 1.45. The number of imide groups is 1. The molecule has 1 aliphatic heterocycles. The number of sulfonamides is 1. The minimum absolute atomic E-state index is 0.0101. The van der Waals surface area contributed by atoms with E-state index in [4.69, 9.17) is 0 Å². The molecule has 1 N–H and O–H groups in total. The van der Waals surface area contributed by atoms with E-state index in [9.17, 15) is 18.0 Å². The van der Waals surface area contributed by atoms with Crippen molar-refractivity contribution in [2.45, 2.75) is 17.9 Å². The molecule has 11 nitrogen and oxygen atoms in total. The van der Waals surface area contributed by atoms with E-state index in [1.165, 1.54) is 61.1 Å². The third-order valence-corrected chi connectivity index (χ3v) is 5.93. The van der Waals surface area contributed by atoms with Gasteiger partial charge in [-0.15, -0.1) is 0 Å². The van der Waals surface area contributed by atoms with Crippen LogP contribution in [0.15, 0.2) is 93.4 Å². The Morgan fingerprint density at radius 3 is 2.42 bits per heavy atom. The van der Waals surface area contributed by atoms with Crippen LogP contribution in [0.1, 0.15) is 17.3 Å². The average Bonchev–Trinajstić information content (AvgIpc) is 3.11. The van der Waals surface area contributed by atoms with Crippen molar-refractivity contribution in [3.05, 3.63) is 78.8 Å². The quantitative estimate of drug-likeness (QED) is 0.439. The molecule has 0 fully saturated rings. The fraction of sp³-hybridized carbons (Fsp3) is 0.0952. The molecule has 0 radical (unpaired) electrons. The summed E-state index contributed by atoms with van der Waals surface area (Å²) >= 11 is 0. The molecule has 0 bridgehead atoms. The van der Waals surface area contributed by atoms with Crippen molar-refractivity contribution in [1.82, 2.24) is 15.0 Å². The Labute approximate surface area is 189 Å². The van der Waals surface area contributed by atoms with Crippen LogP contribution in [0.2, 0.25) is 0 Å². The minimum atomic E-state index is -3.83. The first-order valence-corrected chi connectivity index (χ1v) is 11.1. The molecule has 166 valence electrons. The van der Waals surface area contributed by atoms with Crippen LogP contribution in [-0.2, 0) is 14.8 Å². The van der Waals surface area contributed by atoms with Gasteiger partial charge in [-0.25, -0.2) is 13.4 Å². The number of pyridine rings is 2. The number of benzene rings is 1. The second-order valence-electron chi connectivity index (χ2n) is 6.86. The Morgan fingerprint density at radius 1 is 1.03 bits per heavy atom. The van der Waals surface area contributed by atoms with Gasteiger partial charge in [-0.05, 0) is 55.5 Å². The van der Waals surface area contributed by atoms with Crippen LogP contribution in [0.25, 0.3) is 0 Å². The maximum absolute atomic E-state index is 12.6. The highest BCUT2D eigenvalue weighted by atomic mass is 32.2. The number of nitrogens with one attached hydrogen (secondary N) is 1. The van der Waals surface area contributed by atoms with Crippen LogP contribution < -0.4 is 4.72 Å². The van der Waals surface area contributed by atoms with E-state index in [2.05, 4.69) is 30.0 Å². The highest BCUT2D eigenvalue weighted by molar-refractivity contribution is 7.92. The number of rotatable bonds is 6. The van der Waals surface area contributed by atoms with Crippen LogP contribution in [0, 0.1) is 0 Å². The molecule has 4 rings (SSSR count). The number of amides is 2. The highest BCUT2D eigenvalue weighted by Gasteiger charge is 2.38. The molecule has 0 aliphatic carbocycles. The van der Waals surface area contributed by atoms with E-state index < -0.39 is 27.9 Å². The molecular formula is C21H17N7O4S. The molecule has 3 heterocycles. The number of hydrazone groups is 1. The zero-order chi connectivity index (χ0) is 23.4. The van der Waals surface area contributed by atoms with Gasteiger partial charge in [-0.3, -0.25) is 19.3 Å². The lowest BCUT2D eigenvalue weighted by Gasteiger charge is -2.10. The summed E-state index contributed by atoms with van der Waals surface area (Å²) in [4.78, 5) is 32.9. The lowest BCUT2D eigenvalue weighted by Crippen LogP contribution is -2.34. The zero-order valence-electron chi connectivity index (χ0n) is 17.2. The smallest absolute Gasteiger partial charge is 0.269 e. The summed E-state index contributed by atoms with van der Waals surface area (Å²) in [7, 11) is -3.83. The van der Waals surface area contributed by atoms with Crippen LogP contribution in [-0.4, -0.2) is 47.0 Å². The molecule has 0 unspecified atom stereocenters. The first kappa shape index (κ1) is 21.9. The predicted molar refractivity (Wildman–Crippen MR) is 118 cm³/mol. The Kier molecular flexibility index (Phi) is 6.00. The van der Waals surface area contributed by atoms with Gasteiger partial charge in [0.1, 0.15) is 5.82 Å². The van der Waals surface area contributed by atoms with Crippen molar-refractivity contribution in [3.63, 3.8) is 0 Å². The van der Waals surface area contributed by atoms with Gasteiger partial charge in [0.05, 0.1) is 16.3 Å². The maximum atomic E-state index is 12.6. The Bertz CT molecular complexity index is 1340. The monoisotopic (exact) mass is 463 g/mol. The van der Waals surface area contributed by atoms with E-state index >= 15 is 0 Å². The van der Waals surface area contributed by atoms with Crippen LogP contribution >= 0.6 is 0 Å². The topological polar surface area (TPSA) is 146 Å². The van der Waals surface area contributed by atoms with Crippen molar-refractivity contribution < 1.29 is 18.0 Å². The highest BCUT2D eigenvalue weighted by Crippen LogP contribution is 2.21. The van der Waals surface area contributed by atoms with E-state index in [1.807, 2.05) is 0 Å². The van der Waals surface area contributed by atoms with Crippen molar-refractivity contribution in [1.29, 1.82) is 0 Å². The van der Waals surface area contributed by atoms with Gasteiger partial charge >= 0.3 is 0 Å². The largest absolute Gasteiger partial charge is 0.282 e. The first-order chi connectivity index (χ1) is 15.8. The lowest BCUT2D eigenvalue weighted by atomic mass is 10.2. The fourth-order valence-corrected chi connectivity index (χ4v) is 3.90. The number of aromatic nitrogens is 2. The predicted octanol–water partition coefficient (Wildman–Crippen LogP) is 2.79. The first-order valence-electron chi connectivity index (χ1n) is 9.63. The van der Waals surface area contributed by atoms with E-state index in [0.717, 1.165) is 5.01 Å². The Hall–Kier alpha value is -4.32. The van der Waals surface area contributed by atoms with Gasteiger partial charge in [0, 0.05) is 24.2 Å². The number of carbonyl (C=O) groups is 2. The summed E-state index contributed by atoms with van der Waals surface area (Å²) in [6, 6.07) is 12.4. The van der Waals surface area contributed by atoms with Gasteiger partial charge < -0.3 is 0 Å². The summed E-state index contributed by atoms with van der Waals surface area (Å²) in [5.41, 5.74) is 0.903. The summed E-state index contributed by atoms with van der Waals surface area (Å²) < 4.78 is 27.3. The summed E-state index contributed by atoms with van der Waals surface area (Å²) in [6.07, 6.45) is 4.36. The number of hydrogen-bond acceptors (Lipinski definition) is 9. The van der Waals surface area contributed by atoms with Crippen molar-refractivity contribution in [2.75, 3.05) is 4.72 Å². The van der Waals surface area contributed by atoms with Gasteiger partial charge in [0.25, 0.3) is 21.8 Å². The molecule has 1 atom stereocenters. The summed E-state index contributed by atoms with van der Waals surface area (Å²) in [5, 5.41) is 12.8. The van der Waals surface area contributed by atoms with Gasteiger partial charge in [0.2, 0.25) is 0 Å². The fourth-order valence-electron chi connectivity index (χ4n) is 2.89. The third kappa shape index (κ3) is 4.80. The molecule has 2 aromatic heterocycles. The molecule has 33 heavy (non-hydrogen) atoms. The third-order valence-electron chi connectivity index (χ3n) is 4.56. The lowest BCUT2D eigenvalue weighted by molar-refractivity contribution is -0.127. The summed E-state index contributed by atoms with van der Waals surface area (Å²) in [5.74, 6) is -1.02. The Morgan fingerprint density at radius 2 is 1.76 bits per heavy atom. The molecule has 0 saturated carbocycles. The second-order valence-corrected chi connectivity index (χ2v) is 8.55.